The van der Waals surface area contributed by atoms with E-state index in [-0.39, 0.29) is 12.2 Å². The van der Waals surface area contributed by atoms with Crippen LogP contribution in [0.5, 0.6) is 0 Å². The maximum absolute atomic E-state index is 14.1. The lowest BCUT2D eigenvalue weighted by Crippen LogP contribution is -2.13. The molecule has 1 unspecified atom stereocenters. The zero-order chi connectivity index (χ0) is 14.5. The number of halogens is 2. The van der Waals surface area contributed by atoms with Crippen molar-refractivity contribution < 1.29 is 14.3 Å². The van der Waals surface area contributed by atoms with E-state index in [4.69, 9.17) is 16.7 Å². The van der Waals surface area contributed by atoms with E-state index < -0.39 is 11.3 Å². The SMILES string of the molecule is O=C(O)C(Cl)CCc1ccc(-c2ccccc2)c(F)c1. The Hall–Kier alpha value is -1.87. The molecular weight excluding hydrogens is 279 g/mol. The summed E-state index contributed by atoms with van der Waals surface area (Å²) in [5, 5.41) is 7.76. The third kappa shape index (κ3) is 3.58. The summed E-state index contributed by atoms with van der Waals surface area (Å²) < 4.78 is 14.1. The molecule has 0 fully saturated rings. The van der Waals surface area contributed by atoms with Crippen molar-refractivity contribution in [2.24, 2.45) is 0 Å². The molecule has 0 aromatic heterocycles. The van der Waals surface area contributed by atoms with Gasteiger partial charge in [-0.05, 0) is 30.0 Å². The maximum Gasteiger partial charge on any atom is 0.321 e. The molecule has 0 heterocycles. The van der Waals surface area contributed by atoms with E-state index in [1.807, 2.05) is 30.3 Å². The molecule has 104 valence electrons. The number of benzene rings is 2. The van der Waals surface area contributed by atoms with Gasteiger partial charge in [0, 0.05) is 5.56 Å². The second-order valence-electron chi connectivity index (χ2n) is 4.52. The number of hydrogen-bond acceptors (Lipinski definition) is 1. The van der Waals surface area contributed by atoms with E-state index >= 15 is 0 Å². The second-order valence-corrected chi connectivity index (χ2v) is 5.05. The lowest BCUT2D eigenvalue weighted by Gasteiger charge is -2.07. The smallest absolute Gasteiger partial charge is 0.321 e. The highest BCUT2D eigenvalue weighted by Crippen LogP contribution is 2.24. The highest BCUT2D eigenvalue weighted by molar-refractivity contribution is 6.29. The van der Waals surface area contributed by atoms with Gasteiger partial charge in [0.25, 0.3) is 0 Å². The lowest BCUT2D eigenvalue weighted by molar-refractivity contribution is -0.136. The predicted octanol–water partition coefficient (Wildman–Crippen LogP) is 4.12. The fourth-order valence-corrected chi connectivity index (χ4v) is 2.09. The van der Waals surface area contributed by atoms with Gasteiger partial charge in [0.1, 0.15) is 11.2 Å². The highest BCUT2D eigenvalue weighted by Gasteiger charge is 2.13. The molecule has 4 heteroatoms. The molecular formula is C16H14ClFO2. The first-order valence-corrected chi connectivity index (χ1v) is 6.72. The van der Waals surface area contributed by atoms with Crippen molar-refractivity contribution in [1.29, 1.82) is 0 Å². The summed E-state index contributed by atoms with van der Waals surface area (Å²) in [6.45, 7) is 0. The fourth-order valence-electron chi connectivity index (χ4n) is 1.98. The average molecular weight is 293 g/mol. The molecule has 0 saturated carbocycles. The minimum atomic E-state index is -1.05. The van der Waals surface area contributed by atoms with Crippen LogP contribution < -0.4 is 0 Å². The largest absolute Gasteiger partial charge is 0.480 e. The highest BCUT2D eigenvalue weighted by atomic mass is 35.5. The summed E-state index contributed by atoms with van der Waals surface area (Å²) in [7, 11) is 0. The molecule has 1 atom stereocenters. The van der Waals surface area contributed by atoms with Gasteiger partial charge in [-0.25, -0.2) is 4.39 Å². The first-order chi connectivity index (χ1) is 9.58. The van der Waals surface area contributed by atoms with Gasteiger partial charge in [-0.1, -0.05) is 42.5 Å². The van der Waals surface area contributed by atoms with Gasteiger partial charge in [-0.2, -0.15) is 0 Å². The van der Waals surface area contributed by atoms with Crippen LogP contribution in [0.1, 0.15) is 12.0 Å². The molecule has 0 saturated heterocycles. The third-order valence-corrected chi connectivity index (χ3v) is 3.48. The third-order valence-electron chi connectivity index (χ3n) is 3.07. The summed E-state index contributed by atoms with van der Waals surface area (Å²) in [6.07, 6.45) is 0.716. The van der Waals surface area contributed by atoms with Crippen LogP contribution in [-0.4, -0.2) is 16.5 Å². The molecule has 0 aliphatic carbocycles. The van der Waals surface area contributed by atoms with Crippen molar-refractivity contribution in [1.82, 2.24) is 0 Å². The molecule has 0 radical (unpaired) electrons. The van der Waals surface area contributed by atoms with E-state index in [0.29, 0.717) is 12.0 Å². The molecule has 20 heavy (non-hydrogen) atoms. The number of rotatable bonds is 5. The molecule has 0 aliphatic heterocycles. The molecule has 1 N–H and O–H groups in total. The summed E-state index contributed by atoms with van der Waals surface area (Å²) >= 11 is 5.64. The van der Waals surface area contributed by atoms with E-state index in [9.17, 15) is 9.18 Å². The first kappa shape index (κ1) is 14.5. The Morgan fingerprint density at radius 1 is 1.20 bits per heavy atom. The van der Waals surface area contributed by atoms with Crippen LogP contribution in [0, 0.1) is 5.82 Å². The van der Waals surface area contributed by atoms with Gasteiger partial charge >= 0.3 is 5.97 Å². The average Bonchev–Trinajstić information content (AvgIpc) is 2.45. The Labute approximate surface area is 121 Å². The number of aryl methyl sites for hydroxylation is 1. The first-order valence-electron chi connectivity index (χ1n) is 6.28. The topological polar surface area (TPSA) is 37.3 Å². The molecule has 0 amide bonds. The second kappa shape index (κ2) is 6.53. The number of carboxylic acids is 1. The minimum absolute atomic E-state index is 0.279. The van der Waals surface area contributed by atoms with Gasteiger partial charge in [0.2, 0.25) is 0 Å². The number of alkyl halides is 1. The van der Waals surface area contributed by atoms with Crippen molar-refractivity contribution in [3.8, 4) is 11.1 Å². The van der Waals surface area contributed by atoms with Crippen LogP contribution in [0.15, 0.2) is 48.5 Å². The van der Waals surface area contributed by atoms with Crippen LogP contribution in [0.2, 0.25) is 0 Å². The normalized spacial score (nSPS) is 12.1. The number of hydrogen-bond donors (Lipinski definition) is 1. The van der Waals surface area contributed by atoms with Gasteiger partial charge in [0.15, 0.2) is 0 Å². The van der Waals surface area contributed by atoms with Crippen LogP contribution in [0.4, 0.5) is 4.39 Å². The molecule has 0 spiro atoms. The Morgan fingerprint density at radius 3 is 2.50 bits per heavy atom. The summed E-state index contributed by atoms with van der Waals surface area (Å²) in [5.74, 6) is -1.36. The lowest BCUT2D eigenvalue weighted by atomic mass is 10.0. The molecule has 0 bridgehead atoms. The Kier molecular flexibility index (Phi) is 4.74. The number of aliphatic carboxylic acids is 1. The van der Waals surface area contributed by atoms with Crippen molar-refractivity contribution >= 4 is 17.6 Å². The van der Waals surface area contributed by atoms with E-state index in [2.05, 4.69) is 0 Å². The van der Waals surface area contributed by atoms with Crippen LogP contribution in [-0.2, 0) is 11.2 Å². The molecule has 2 aromatic rings. The zero-order valence-electron chi connectivity index (χ0n) is 10.7. The van der Waals surface area contributed by atoms with Gasteiger partial charge < -0.3 is 5.11 Å². The van der Waals surface area contributed by atoms with Gasteiger partial charge in [0.05, 0.1) is 0 Å². The monoisotopic (exact) mass is 292 g/mol. The quantitative estimate of drug-likeness (QED) is 0.842. The number of carbonyl (C=O) groups is 1. The van der Waals surface area contributed by atoms with E-state index in [1.54, 1.807) is 12.1 Å². The molecule has 2 aromatic carbocycles. The standard InChI is InChI=1S/C16H14ClFO2/c17-14(16(19)20)9-7-11-6-8-13(15(18)10-11)12-4-2-1-3-5-12/h1-6,8,10,14H,7,9H2,(H,19,20). The van der Waals surface area contributed by atoms with Crippen molar-refractivity contribution in [2.45, 2.75) is 18.2 Å². The van der Waals surface area contributed by atoms with Crippen LogP contribution in [0.3, 0.4) is 0 Å². The molecule has 2 nitrogen and oxygen atoms in total. The van der Waals surface area contributed by atoms with E-state index in [1.165, 1.54) is 6.07 Å². The maximum atomic E-state index is 14.1. The molecule has 0 aliphatic rings. The van der Waals surface area contributed by atoms with Crippen molar-refractivity contribution in [2.75, 3.05) is 0 Å². The Morgan fingerprint density at radius 2 is 1.90 bits per heavy atom. The fraction of sp³-hybridized carbons (Fsp3) is 0.188. The van der Waals surface area contributed by atoms with Gasteiger partial charge in [-0.15, -0.1) is 11.6 Å². The van der Waals surface area contributed by atoms with Gasteiger partial charge in [-0.3, -0.25) is 4.79 Å². The summed E-state index contributed by atoms with van der Waals surface area (Å²) in [6, 6.07) is 14.2. The minimum Gasteiger partial charge on any atom is -0.480 e. The molecule has 2 rings (SSSR count). The Balaban J connectivity index is 2.12. The Bertz CT molecular complexity index is 599. The van der Waals surface area contributed by atoms with Crippen LogP contribution >= 0.6 is 11.6 Å². The van der Waals surface area contributed by atoms with Crippen LogP contribution in [0.25, 0.3) is 11.1 Å². The summed E-state index contributed by atoms with van der Waals surface area (Å²) in [4.78, 5) is 10.6. The number of carboxylic acid groups (broad SMARTS) is 1. The van der Waals surface area contributed by atoms with Crippen molar-refractivity contribution in [3.05, 3.63) is 59.9 Å². The van der Waals surface area contributed by atoms with Crippen molar-refractivity contribution in [3.63, 3.8) is 0 Å². The predicted molar refractivity (Wildman–Crippen MR) is 77.4 cm³/mol. The zero-order valence-corrected chi connectivity index (χ0v) is 11.5. The van der Waals surface area contributed by atoms with E-state index in [0.717, 1.165) is 11.1 Å². The summed E-state index contributed by atoms with van der Waals surface area (Å²) in [5.41, 5.74) is 2.10.